The standard InChI is InChI=1S/C13H9ClN4/c14-9-4-1-2-5-10(9)17-13-16-8-12-11(18-13)6-3-7-15-12/h1-8H,(H,16,17,18). The Morgan fingerprint density at radius 2 is 1.83 bits per heavy atom. The van der Waals surface area contributed by atoms with Crippen molar-refractivity contribution in [2.75, 3.05) is 5.32 Å². The zero-order valence-corrected chi connectivity index (χ0v) is 10.1. The molecule has 3 rings (SSSR count). The van der Waals surface area contributed by atoms with Crippen molar-refractivity contribution in [3.05, 3.63) is 53.8 Å². The fraction of sp³-hybridized carbons (Fsp3) is 0. The number of halogens is 1. The largest absolute Gasteiger partial charge is 0.323 e. The molecule has 88 valence electrons. The van der Waals surface area contributed by atoms with Gasteiger partial charge in [0.15, 0.2) is 0 Å². The zero-order chi connectivity index (χ0) is 12.4. The van der Waals surface area contributed by atoms with Crippen molar-refractivity contribution in [3.8, 4) is 0 Å². The Labute approximate surface area is 109 Å². The van der Waals surface area contributed by atoms with Gasteiger partial charge in [0.25, 0.3) is 0 Å². The molecule has 0 aliphatic carbocycles. The van der Waals surface area contributed by atoms with Crippen LogP contribution in [0.1, 0.15) is 0 Å². The lowest BCUT2D eigenvalue weighted by atomic mass is 10.3. The third-order valence-corrected chi connectivity index (χ3v) is 2.80. The molecule has 0 radical (unpaired) electrons. The lowest BCUT2D eigenvalue weighted by molar-refractivity contribution is 1.19. The summed E-state index contributed by atoms with van der Waals surface area (Å²) in [4.78, 5) is 12.7. The molecule has 1 N–H and O–H groups in total. The minimum Gasteiger partial charge on any atom is -0.323 e. The van der Waals surface area contributed by atoms with Crippen LogP contribution in [0.5, 0.6) is 0 Å². The van der Waals surface area contributed by atoms with Crippen molar-refractivity contribution in [2.45, 2.75) is 0 Å². The summed E-state index contributed by atoms with van der Waals surface area (Å²) in [6, 6.07) is 11.2. The highest BCUT2D eigenvalue weighted by atomic mass is 35.5. The number of rotatable bonds is 2. The van der Waals surface area contributed by atoms with E-state index < -0.39 is 0 Å². The fourth-order valence-corrected chi connectivity index (χ4v) is 1.79. The van der Waals surface area contributed by atoms with E-state index in [1.807, 2.05) is 36.4 Å². The lowest BCUT2D eigenvalue weighted by Gasteiger charge is -2.06. The van der Waals surface area contributed by atoms with Crippen LogP contribution >= 0.6 is 11.6 Å². The summed E-state index contributed by atoms with van der Waals surface area (Å²) in [6.45, 7) is 0. The maximum absolute atomic E-state index is 6.06. The van der Waals surface area contributed by atoms with Gasteiger partial charge in [0.2, 0.25) is 5.95 Å². The Balaban J connectivity index is 1.98. The Hall–Kier alpha value is -2.20. The number of nitrogens with zero attached hydrogens (tertiary/aromatic N) is 3. The first-order chi connectivity index (χ1) is 8.83. The van der Waals surface area contributed by atoms with Crippen LogP contribution in [0, 0.1) is 0 Å². The summed E-state index contributed by atoms with van der Waals surface area (Å²) in [5.74, 6) is 0.503. The number of anilines is 2. The lowest BCUT2D eigenvalue weighted by Crippen LogP contribution is -1.97. The number of benzene rings is 1. The van der Waals surface area contributed by atoms with E-state index in [-0.39, 0.29) is 0 Å². The van der Waals surface area contributed by atoms with Crippen molar-refractivity contribution >= 4 is 34.3 Å². The van der Waals surface area contributed by atoms with Gasteiger partial charge in [0.1, 0.15) is 5.52 Å². The van der Waals surface area contributed by atoms with E-state index in [1.54, 1.807) is 12.4 Å². The molecule has 0 aliphatic heterocycles. The van der Waals surface area contributed by atoms with Crippen molar-refractivity contribution in [1.29, 1.82) is 0 Å². The smallest absolute Gasteiger partial charge is 0.227 e. The summed E-state index contributed by atoms with van der Waals surface area (Å²) in [5.41, 5.74) is 2.34. The van der Waals surface area contributed by atoms with Crippen LogP contribution in [0.15, 0.2) is 48.8 Å². The van der Waals surface area contributed by atoms with Crippen LogP contribution in [0.4, 0.5) is 11.6 Å². The van der Waals surface area contributed by atoms with Crippen LogP contribution in [-0.4, -0.2) is 15.0 Å². The molecule has 0 unspecified atom stereocenters. The quantitative estimate of drug-likeness (QED) is 0.763. The van der Waals surface area contributed by atoms with E-state index in [0.717, 1.165) is 16.7 Å². The highest BCUT2D eigenvalue weighted by Gasteiger charge is 2.03. The van der Waals surface area contributed by atoms with Gasteiger partial charge in [-0.05, 0) is 24.3 Å². The second-order valence-electron chi connectivity index (χ2n) is 3.71. The molecule has 0 saturated heterocycles. The van der Waals surface area contributed by atoms with Gasteiger partial charge in [-0.1, -0.05) is 23.7 Å². The van der Waals surface area contributed by atoms with Crippen molar-refractivity contribution in [3.63, 3.8) is 0 Å². The fourth-order valence-electron chi connectivity index (χ4n) is 1.61. The topological polar surface area (TPSA) is 50.7 Å². The van der Waals surface area contributed by atoms with E-state index in [9.17, 15) is 0 Å². The molecule has 1 aromatic carbocycles. The molecule has 3 aromatic rings. The van der Waals surface area contributed by atoms with E-state index >= 15 is 0 Å². The average Bonchev–Trinajstić information content (AvgIpc) is 2.41. The predicted molar refractivity (Wildman–Crippen MR) is 72.1 cm³/mol. The van der Waals surface area contributed by atoms with Crippen molar-refractivity contribution in [1.82, 2.24) is 15.0 Å². The summed E-state index contributed by atoms with van der Waals surface area (Å²) in [7, 11) is 0. The normalized spacial score (nSPS) is 10.5. The molecule has 0 aliphatic rings. The average molecular weight is 257 g/mol. The number of para-hydroxylation sites is 1. The van der Waals surface area contributed by atoms with Gasteiger partial charge in [-0.2, -0.15) is 0 Å². The maximum Gasteiger partial charge on any atom is 0.227 e. The first kappa shape index (κ1) is 10.9. The third kappa shape index (κ3) is 2.10. The molecule has 0 atom stereocenters. The SMILES string of the molecule is Clc1ccccc1Nc1ncc2ncccc2n1. The monoisotopic (exact) mass is 256 g/mol. The van der Waals surface area contributed by atoms with E-state index in [1.165, 1.54) is 0 Å². The molecule has 5 heteroatoms. The van der Waals surface area contributed by atoms with E-state index in [2.05, 4.69) is 20.3 Å². The van der Waals surface area contributed by atoms with Crippen molar-refractivity contribution in [2.24, 2.45) is 0 Å². The Morgan fingerprint density at radius 3 is 2.72 bits per heavy atom. The molecule has 0 fully saturated rings. The summed E-state index contributed by atoms with van der Waals surface area (Å²) in [6.07, 6.45) is 3.40. The number of aromatic nitrogens is 3. The number of hydrogen-bond donors (Lipinski definition) is 1. The molecule has 18 heavy (non-hydrogen) atoms. The van der Waals surface area contributed by atoms with E-state index in [0.29, 0.717) is 11.0 Å². The van der Waals surface area contributed by atoms with Gasteiger partial charge < -0.3 is 5.32 Å². The van der Waals surface area contributed by atoms with Gasteiger partial charge in [0.05, 0.1) is 22.4 Å². The van der Waals surface area contributed by atoms with Crippen LogP contribution in [-0.2, 0) is 0 Å². The molecule has 0 spiro atoms. The second kappa shape index (κ2) is 4.58. The molecule has 0 bridgehead atoms. The highest BCUT2D eigenvalue weighted by Crippen LogP contribution is 2.23. The molecular formula is C13H9ClN4. The predicted octanol–water partition coefficient (Wildman–Crippen LogP) is 3.42. The van der Waals surface area contributed by atoms with Crippen LogP contribution in [0.25, 0.3) is 11.0 Å². The van der Waals surface area contributed by atoms with Crippen LogP contribution in [0.3, 0.4) is 0 Å². The molecule has 0 saturated carbocycles. The minimum absolute atomic E-state index is 0.503. The first-order valence-electron chi connectivity index (χ1n) is 5.42. The van der Waals surface area contributed by atoms with Crippen molar-refractivity contribution < 1.29 is 0 Å². The Bertz CT molecular complexity index is 699. The van der Waals surface area contributed by atoms with E-state index in [4.69, 9.17) is 11.6 Å². The Kier molecular flexibility index (Phi) is 2.78. The van der Waals surface area contributed by atoms with Crippen LogP contribution < -0.4 is 5.32 Å². The van der Waals surface area contributed by atoms with Crippen LogP contribution in [0.2, 0.25) is 5.02 Å². The minimum atomic E-state index is 0.503. The van der Waals surface area contributed by atoms with Gasteiger partial charge >= 0.3 is 0 Å². The summed E-state index contributed by atoms with van der Waals surface area (Å²) >= 11 is 6.06. The molecular weight excluding hydrogens is 248 g/mol. The van der Waals surface area contributed by atoms with Gasteiger partial charge in [-0.25, -0.2) is 9.97 Å². The van der Waals surface area contributed by atoms with Gasteiger partial charge in [-0.3, -0.25) is 4.98 Å². The zero-order valence-electron chi connectivity index (χ0n) is 9.34. The molecule has 4 nitrogen and oxygen atoms in total. The number of pyridine rings is 1. The van der Waals surface area contributed by atoms with Gasteiger partial charge in [-0.15, -0.1) is 0 Å². The highest BCUT2D eigenvalue weighted by molar-refractivity contribution is 6.33. The second-order valence-corrected chi connectivity index (χ2v) is 4.11. The maximum atomic E-state index is 6.06. The van der Waals surface area contributed by atoms with Gasteiger partial charge in [0, 0.05) is 6.20 Å². The molecule has 2 heterocycles. The number of fused-ring (bicyclic) bond motifs is 1. The number of nitrogens with one attached hydrogen (secondary N) is 1. The molecule has 2 aromatic heterocycles. The summed E-state index contributed by atoms with van der Waals surface area (Å²) < 4.78 is 0. The Morgan fingerprint density at radius 1 is 0.944 bits per heavy atom. The third-order valence-electron chi connectivity index (χ3n) is 2.47. The first-order valence-corrected chi connectivity index (χ1v) is 5.80. The molecule has 0 amide bonds. The number of hydrogen-bond acceptors (Lipinski definition) is 4. The summed E-state index contributed by atoms with van der Waals surface area (Å²) in [5, 5.41) is 3.71.